The molecule has 2 fully saturated rings. The topological polar surface area (TPSA) is 229 Å². The number of phenolic OH excluding ortho intramolecular Hbond substituents is 2. The minimum Gasteiger partial charge on any atom is -0.508 e. The molecule has 3 heterocycles. The van der Waals surface area contributed by atoms with Crippen LogP contribution in [0.25, 0.3) is 22.3 Å². The van der Waals surface area contributed by atoms with Gasteiger partial charge in [-0.15, -0.1) is 0 Å². The van der Waals surface area contributed by atoms with Crippen LogP contribution in [0, 0.1) is 0 Å². The van der Waals surface area contributed by atoms with Crippen LogP contribution in [-0.4, -0.2) is 102 Å². The van der Waals surface area contributed by atoms with Crippen molar-refractivity contribution in [3.8, 4) is 34.3 Å². The molecule has 0 radical (unpaired) electrons. The monoisotopic (exact) mass is 646 g/mol. The van der Waals surface area contributed by atoms with Crippen LogP contribution in [0.1, 0.15) is 33.3 Å². The highest BCUT2D eigenvalue weighted by Crippen LogP contribution is 2.41. The second-order valence-electron chi connectivity index (χ2n) is 11.8. The van der Waals surface area contributed by atoms with Gasteiger partial charge in [-0.05, 0) is 58.4 Å². The van der Waals surface area contributed by atoms with Gasteiger partial charge in [0.15, 0.2) is 5.76 Å². The third-order valence-corrected chi connectivity index (χ3v) is 8.10. The Morgan fingerprint density at radius 2 is 1.35 bits per heavy atom. The van der Waals surface area contributed by atoms with E-state index in [4.69, 9.17) is 23.4 Å². The van der Waals surface area contributed by atoms with Crippen LogP contribution >= 0.6 is 0 Å². The molecule has 0 unspecified atom stereocenters. The van der Waals surface area contributed by atoms with E-state index in [0.29, 0.717) is 0 Å². The fourth-order valence-electron chi connectivity index (χ4n) is 5.34. The van der Waals surface area contributed by atoms with Gasteiger partial charge in [0.25, 0.3) is 0 Å². The summed E-state index contributed by atoms with van der Waals surface area (Å²) in [6, 6.07) is 6.65. The lowest BCUT2D eigenvalue weighted by Crippen LogP contribution is -2.58. The Morgan fingerprint density at radius 3 is 1.89 bits per heavy atom. The fourth-order valence-corrected chi connectivity index (χ4v) is 5.34. The summed E-state index contributed by atoms with van der Waals surface area (Å²) in [5.41, 5.74) is 0.329. The molecule has 2 saturated heterocycles. The molecular weight excluding hydrogens is 608 g/mol. The molecule has 2 aliphatic heterocycles. The van der Waals surface area contributed by atoms with E-state index in [-0.39, 0.29) is 45.8 Å². The van der Waals surface area contributed by atoms with Crippen LogP contribution < -0.4 is 14.9 Å². The molecule has 0 spiro atoms. The zero-order chi connectivity index (χ0) is 33.6. The Balaban J connectivity index is 1.71. The molecule has 0 saturated carbocycles. The van der Waals surface area contributed by atoms with Crippen LogP contribution in [-0.2, 0) is 15.9 Å². The predicted molar refractivity (Wildman–Crippen MR) is 160 cm³/mol. The SMILES string of the molecule is CC(C)=CCc1c(O[C@H]2O[C@@H](C)[C@H](O)[C@H](O)[C@H]2O)cc(O)c2c(=O)c(O[C@H]3O[C@H](C)[C@@H](O)[C@@H](O)[C@H]3O)c(-c3ccc(O)cc3)oc12. The first-order valence-electron chi connectivity index (χ1n) is 14.7. The molecule has 2 aliphatic rings. The molecule has 10 atom stereocenters. The number of allylic oxidation sites excluding steroid dienone is 2. The van der Waals surface area contributed by atoms with Crippen molar-refractivity contribution in [1.82, 2.24) is 0 Å². The van der Waals surface area contributed by atoms with E-state index >= 15 is 0 Å². The minimum atomic E-state index is -1.77. The average molecular weight is 647 g/mol. The van der Waals surface area contributed by atoms with Gasteiger partial charge in [-0.1, -0.05) is 11.6 Å². The molecule has 0 bridgehead atoms. The van der Waals surface area contributed by atoms with Crippen molar-refractivity contribution in [2.24, 2.45) is 0 Å². The molecule has 250 valence electrons. The zero-order valence-corrected chi connectivity index (χ0v) is 25.5. The maximum atomic E-state index is 14.2. The predicted octanol–water partition coefficient (Wildman–Crippen LogP) is 0.792. The van der Waals surface area contributed by atoms with Gasteiger partial charge in [-0.25, -0.2) is 0 Å². The van der Waals surface area contributed by atoms with Crippen molar-refractivity contribution < 1.29 is 64.2 Å². The summed E-state index contributed by atoms with van der Waals surface area (Å²) >= 11 is 0. The number of aromatic hydroxyl groups is 2. The first-order valence-corrected chi connectivity index (χ1v) is 14.7. The van der Waals surface area contributed by atoms with Crippen LogP contribution in [0.5, 0.6) is 23.0 Å². The minimum absolute atomic E-state index is 0.0622. The van der Waals surface area contributed by atoms with Crippen molar-refractivity contribution in [3.63, 3.8) is 0 Å². The van der Waals surface area contributed by atoms with E-state index in [1.807, 2.05) is 13.8 Å². The number of rotatable bonds is 7. The number of hydrogen-bond donors (Lipinski definition) is 8. The first kappa shape index (κ1) is 33.6. The lowest BCUT2D eigenvalue weighted by Gasteiger charge is -2.39. The van der Waals surface area contributed by atoms with Crippen LogP contribution in [0.2, 0.25) is 0 Å². The number of aliphatic hydroxyl groups excluding tert-OH is 6. The number of hydrogen-bond acceptors (Lipinski definition) is 14. The Bertz CT molecular complexity index is 1650. The number of phenols is 2. The van der Waals surface area contributed by atoms with Crippen molar-refractivity contribution in [1.29, 1.82) is 0 Å². The Labute approximate surface area is 262 Å². The Hall–Kier alpha value is -3.73. The van der Waals surface area contributed by atoms with E-state index in [2.05, 4.69) is 0 Å². The summed E-state index contributed by atoms with van der Waals surface area (Å²) in [7, 11) is 0. The summed E-state index contributed by atoms with van der Waals surface area (Å²) in [6.45, 7) is 6.59. The summed E-state index contributed by atoms with van der Waals surface area (Å²) in [5.74, 6) is -1.47. The third kappa shape index (κ3) is 6.30. The first-order chi connectivity index (χ1) is 21.7. The molecule has 5 rings (SSSR count). The molecule has 14 heteroatoms. The zero-order valence-electron chi connectivity index (χ0n) is 25.5. The molecule has 46 heavy (non-hydrogen) atoms. The van der Waals surface area contributed by atoms with Crippen LogP contribution in [0.3, 0.4) is 0 Å². The van der Waals surface area contributed by atoms with Gasteiger partial charge in [0.1, 0.15) is 64.8 Å². The lowest BCUT2D eigenvalue weighted by atomic mass is 9.99. The molecule has 2 aromatic carbocycles. The maximum Gasteiger partial charge on any atom is 0.239 e. The second kappa shape index (κ2) is 13.2. The molecule has 0 amide bonds. The van der Waals surface area contributed by atoms with Crippen molar-refractivity contribution in [2.45, 2.75) is 95.5 Å². The molecule has 0 aliphatic carbocycles. The quantitative estimate of drug-likeness (QED) is 0.166. The molecule has 3 aromatic rings. The van der Waals surface area contributed by atoms with E-state index in [0.717, 1.165) is 11.6 Å². The van der Waals surface area contributed by atoms with Gasteiger partial charge in [0, 0.05) is 17.2 Å². The molecule has 8 N–H and O–H groups in total. The Morgan fingerprint density at radius 1 is 0.804 bits per heavy atom. The summed E-state index contributed by atoms with van der Waals surface area (Å²) < 4.78 is 29.2. The van der Waals surface area contributed by atoms with Crippen molar-refractivity contribution >= 4 is 11.0 Å². The standard InChI is InChI=1S/C32H38O14/c1-12(2)5-10-17-19(44-31-26(40)24(38)21(35)13(3)42-31)11-18(34)20-23(37)30(46-32-27(41)25(39)22(36)14(4)43-32)28(45-29(17)20)15-6-8-16(33)9-7-15/h5-9,11,13-14,21-22,24-27,31-36,38-41H,10H2,1-4H3/t13-,14+,21-,22+,24-,25+,26+,27+,31+,32+/m0/s1. The van der Waals surface area contributed by atoms with Gasteiger partial charge in [0.2, 0.25) is 23.8 Å². The average Bonchev–Trinajstić information content (AvgIpc) is 3.01. The smallest absolute Gasteiger partial charge is 0.239 e. The maximum absolute atomic E-state index is 14.2. The van der Waals surface area contributed by atoms with Crippen LogP contribution in [0.15, 0.2) is 51.2 Å². The van der Waals surface area contributed by atoms with E-state index in [9.17, 15) is 45.6 Å². The summed E-state index contributed by atoms with van der Waals surface area (Å²) in [5, 5.41) is 82.8. The highest BCUT2D eigenvalue weighted by atomic mass is 16.7. The van der Waals surface area contributed by atoms with Gasteiger partial charge in [-0.3, -0.25) is 4.79 Å². The third-order valence-electron chi connectivity index (χ3n) is 8.10. The van der Waals surface area contributed by atoms with E-state index in [1.165, 1.54) is 38.1 Å². The number of benzene rings is 2. The molecule has 14 nitrogen and oxygen atoms in total. The van der Waals surface area contributed by atoms with Gasteiger partial charge in [-0.2, -0.15) is 0 Å². The van der Waals surface area contributed by atoms with E-state index in [1.54, 1.807) is 6.08 Å². The van der Waals surface area contributed by atoms with Gasteiger partial charge < -0.3 is 64.2 Å². The highest BCUT2D eigenvalue weighted by molar-refractivity contribution is 5.91. The van der Waals surface area contributed by atoms with Crippen molar-refractivity contribution in [2.75, 3.05) is 0 Å². The summed E-state index contributed by atoms with van der Waals surface area (Å²) in [6.07, 6.45) is -12.6. The number of aliphatic hydroxyl groups is 6. The van der Waals surface area contributed by atoms with Gasteiger partial charge >= 0.3 is 0 Å². The molecular formula is C32H38O14. The Kier molecular flexibility index (Phi) is 9.63. The van der Waals surface area contributed by atoms with E-state index < -0.39 is 78.3 Å². The normalized spacial score (nSPS) is 31.4. The lowest BCUT2D eigenvalue weighted by molar-refractivity contribution is -0.268. The number of fused-ring (bicyclic) bond motifs is 1. The van der Waals surface area contributed by atoms with Crippen molar-refractivity contribution in [3.05, 3.63) is 57.8 Å². The highest BCUT2D eigenvalue weighted by Gasteiger charge is 2.45. The van der Waals surface area contributed by atoms with Gasteiger partial charge in [0.05, 0.1) is 12.2 Å². The second-order valence-corrected chi connectivity index (χ2v) is 11.8. The molecule has 1 aromatic heterocycles. The largest absolute Gasteiger partial charge is 0.508 e. The number of ether oxygens (including phenoxy) is 4. The fraction of sp³-hybridized carbons (Fsp3) is 0.469. The van der Waals surface area contributed by atoms with Crippen LogP contribution in [0.4, 0.5) is 0 Å². The summed E-state index contributed by atoms with van der Waals surface area (Å²) in [4.78, 5) is 14.2.